The lowest BCUT2D eigenvalue weighted by Crippen LogP contribution is -2.31. The molecule has 0 heterocycles. The molecule has 1 aromatic carbocycles. The molecule has 0 aliphatic heterocycles. The third kappa shape index (κ3) is 4.17. The summed E-state index contributed by atoms with van der Waals surface area (Å²) >= 11 is 0. The number of nitrogens with zero attached hydrogens (tertiary/aromatic N) is 1. The molecule has 0 fully saturated rings. The van der Waals surface area contributed by atoms with Crippen LogP contribution in [0.1, 0.15) is 25.8 Å². The lowest BCUT2D eigenvalue weighted by molar-refractivity contribution is -0.125. The zero-order chi connectivity index (χ0) is 12.0. The van der Waals surface area contributed by atoms with Gasteiger partial charge in [0, 0.05) is 6.54 Å². The van der Waals surface area contributed by atoms with Gasteiger partial charge in [0.05, 0.1) is 6.04 Å². The Kier molecular flexibility index (Phi) is 5.23. The van der Waals surface area contributed by atoms with Crippen LogP contribution in [0.4, 0.5) is 0 Å². The molecule has 0 aromatic heterocycles. The third-order valence-corrected chi connectivity index (χ3v) is 2.56. The van der Waals surface area contributed by atoms with Gasteiger partial charge in [-0.2, -0.15) is 5.06 Å². The summed E-state index contributed by atoms with van der Waals surface area (Å²) in [5.74, 6) is 0.549. The molecule has 0 aliphatic rings. The average Bonchev–Trinajstić information content (AvgIpc) is 2.26. The standard InChI is InChI=1S/C14H21NO/c1-4-14(10-12(2)3)15(16)11-13-8-6-5-7-9-13/h4-9,12,14,16H,1,10-11H2,2-3H3. The van der Waals surface area contributed by atoms with E-state index in [1.807, 2.05) is 36.4 Å². The maximum absolute atomic E-state index is 9.97. The summed E-state index contributed by atoms with van der Waals surface area (Å²) in [4.78, 5) is 0. The van der Waals surface area contributed by atoms with E-state index in [0.717, 1.165) is 12.0 Å². The summed E-state index contributed by atoms with van der Waals surface area (Å²) in [6, 6.07) is 9.99. The van der Waals surface area contributed by atoms with Gasteiger partial charge in [-0.25, -0.2) is 0 Å². The molecule has 1 unspecified atom stereocenters. The summed E-state index contributed by atoms with van der Waals surface area (Å²) in [5.41, 5.74) is 1.11. The van der Waals surface area contributed by atoms with Crippen molar-refractivity contribution in [1.29, 1.82) is 0 Å². The maximum Gasteiger partial charge on any atom is 0.0533 e. The van der Waals surface area contributed by atoms with E-state index in [0.29, 0.717) is 12.5 Å². The molecule has 2 nitrogen and oxygen atoms in total. The van der Waals surface area contributed by atoms with E-state index in [1.165, 1.54) is 5.06 Å². The Morgan fingerprint density at radius 3 is 2.44 bits per heavy atom. The highest BCUT2D eigenvalue weighted by Crippen LogP contribution is 2.13. The quantitative estimate of drug-likeness (QED) is 0.585. The van der Waals surface area contributed by atoms with Crippen molar-refractivity contribution >= 4 is 0 Å². The van der Waals surface area contributed by atoms with E-state index < -0.39 is 0 Å². The molecule has 88 valence electrons. The summed E-state index contributed by atoms with van der Waals surface area (Å²) in [7, 11) is 0. The van der Waals surface area contributed by atoms with Crippen LogP contribution < -0.4 is 0 Å². The number of hydrogen-bond acceptors (Lipinski definition) is 2. The molecule has 1 N–H and O–H groups in total. The van der Waals surface area contributed by atoms with Crippen LogP contribution in [0, 0.1) is 5.92 Å². The monoisotopic (exact) mass is 219 g/mol. The van der Waals surface area contributed by atoms with E-state index in [9.17, 15) is 5.21 Å². The highest BCUT2D eigenvalue weighted by Gasteiger charge is 2.14. The van der Waals surface area contributed by atoms with Crippen molar-refractivity contribution in [3.8, 4) is 0 Å². The van der Waals surface area contributed by atoms with Gasteiger partial charge in [-0.15, -0.1) is 6.58 Å². The van der Waals surface area contributed by atoms with Crippen LogP contribution in [0.5, 0.6) is 0 Å². The summed E-state index contributed by atoms with van der Waals surface area (Å²) in [5, 5.41) is 11.3. The van der Waals surface area contributed by atoms with Gasteiger partial charge >= 0.3 is 0 Å². The summed E-state index contributed by atoms with van der Waals surface area (Å²) in [6.07, 6.45) is 2.73. The molecule has 0 amide bonds. The van der Waals surface area contributed by atoms with Crippen LogP contribution in [-0.4, -0.2) is 16.3 Å². The second-order valence-electron chi connectivity index (χ2n) is 4.52. The lowest BCUT2D eigenvalue weighted by Gasteiger charge is -2.24. The first-order valence-electron chi connectivity index (χ1n) is 5.75. The summed E-state index contributed by atoms with van der Waals surface area (Å²) in [6.45, 7) is 8.61. The number of benzene rings is 1. The second kappa shape index (κ2) is 6.46. The minimum atomic E-state index is 0.0280. The molecule has 0 aliphatic carbocycles. The normalized spacial score (nSPS) is 13.1. The first-order valence-corrected chi connectivity index (χ1v) is 5.75. The molecule has 0 radical (unpaired) electrons. The van der Waals surface area contributed by atoms with Crippen molar-refractivity contribution in [3.05, 3.63) is 48.6 Å². The molecule has 0 saturated carbocycles. The molecule has 1 aromatic rings. The van der Waals surface area contributed by atoms with Crippen molar-refractivity contribution in [2.75, 3.05) is 0 Å². The van der Waals surface area contributed by atoms with Gasteiger partial charge in [0.1, 0.15) is 0 Å². The fourth-order valence-corrected chi connectivity index (χ4v) is 1.71. The zero-order valence-corrected chi connectivity index (χ0v) is 10.1. The number of rotatable bonds is 6. The molecule has 0 saturated heterocycles. The molecular formula is C14H21NO. The van der Waals surface area contributed by atoms with Crippen LogP contribution in [0.2, 0.25) is 0 Å². The van der Waals surface area contributed by atoms with E-state index in [2.05, 4.69) is 20.4 Å². The van der Waals surface area contributed by atoms with E-state index in [-0.39, 0.29) is 6.04 Å². The van der Waals surface area contributed by atoms with Crippen LogP contribution in [0.25, 0.3) is 0 Å². The van der Waals surface area contributed by atoms with Gasteiger partial charge in [0.25, 0.3) is 0 Å². The number of hydroxylamine groups is 2. The third-order valence-electron chi connectivity index (χ3n) is 2.56. The SMILES string of the molecule is C=CC(CC(C)C)N(O)Cc1ccccc1. The average molecular weight is 219 g/mol. The van der Waals surface area contributed by atoms with Crippen molar-refractivity contribution in [3.63, 3.8) is 0 Å². The van der Waals surface area contributed by atoms with E-state index in [1.54, 1.807) is 0 Å². The topological polar surface area (TPSA) is 23.5 Å². The predicted molar refractivity (Wildman–Crippen MR) is 67.2 cm³/mol. The lowest BCUT2D eigenvalue weighted by atomic mass is 10.0. The van der Waals surface area contributed by atoms with Crippen LogP contribution in [-0.2, 0) is 6.54 Å². The molecule has 0 bridgehead atoms. The molecule has 1 rings (SSSR count). The van der Waals surface area contributed by atoms with Crippen LogP contribution >= 0.6 is 0 Å². The highest BCUT2D eigenvalue weighted by molar-refractivity contribution is 5.14. The Morgan fingerprint density at radius 2 is 1.94 bits per heavy atom. The van der Waals surface area contributed by atoms with Crippen molar-refractivity contribution in [2.24, 2.45) is 5.92 Å². The molecule has 2 heteroatoms. The van der Waals surface area contributed by atoms with Crippen LogP contribution in [0.3, 0.4) is 0 Å². The van der Waals surface area contributed by atoms with Gasteiger partial charge in [-0.3, -0.25) is 0 Å². The van der Waals surface area contributed by atoms with Crippen molar-refractivity contribution < 1.29 is 5.21 Å². The first-order chi connectivity index (χ1) is 7.63. The Balaban J connectivity index is 2.56. The Labute approximate surface area is 98.2 Å². The van der Waals surface area contributed by atoms with Gasteiger partial charge in [0.15, 0.2) is 0 Å². The predicted octanol–water partition coefficient (Wildman–Crippen LogP) is 3.48. The minimum absolute atomic E-state index is 0.0280. The summed E-state index contributed by atoms with van der Waals surface area (Å²) < 4.78 is 0. The molecule has 16 heavy (non-hydrogen) atoms. The Morgan fingerprint density at radius 1 is 1.31 bits per heavy atom. The Bertz CT molecular complexity index is 308. The van der Waals surface area contributed by atoms with Crippen molar-refractivity contribution in [1.82, 2.24) is 5.06 Å². The highest BCUT2D eigenvalue weighted by atomic mass is 16.5. The second-order valence-corrected chi connectivity index (χ2v) is 4.52. The smallest absolute Gasteiger partial charge is 0.0533 e. The van der Waals surface area contributed by atoms with E-state index in [4.69, 9.17) is 0 Å². The van der Waals surface area contributed by atoms with Gasteiger partial charge < -0.3 is 5.21 Å². The van der Waals surface area contributed by atoms with Gasteiger partial charge in [-0.1, -0.05) is 50.3 Å². The van der Waals surface area contributed by atoms with Gasteiger partial charge in [-0.05, 0) is 17.9 Å². The maximum atomic E-state index is 9.97. The fourth-order valence-electron chi connectivity index (χ4n) is 1.71. The van der Waals surface area contributed by atoms with Gasteiger partial charge in [0.2, 0.25) is 0 Å². The zero-order valence-electron chi connectivity index (χ0n) is 10.1. The largest absolute Gasteiger partial charge is 0.313 e. The molecular weight excluding hydrogens is 198 g/mol. The fraction of sp³-hybridized carbons (Fsp3) is 0.429. The first kappa shape index (κ1) is 12.9. The minimum Gasteiger partial charge on any atom is -0.313 e. The molecule has 1 atom stereocenters. The van der Waals surface area contributed by atoms with E-state index >= 15 is 0 Å². The molecule has 0 spiro atoms. The number of hydrogen-bond donors (Lipinski definition) is 1. The van der Waals surface area contributed by atoms with Crippen LogP contribution in [0.15, 0.2) is 43.0 Å². The van der Waals surface area contributed by atoms with Crippen molar-refractivity contribution in [2.45, 2.75) is 32.9 Å². The Hall–Kier alpha value is -1.12.